The van der Waals surface area contributed by atoms with Crippen molar-refractivity contribution in [2.45, 2.75) is 26.2 Å². The van der Waals surface area contributed by atoms with Gasteiger partial charge in [-0.25, -0.2) is 0 Å². The first-order valence-corrected chi connectivity index (χ1v) is 11.6. The number of thiophene rings is 3. The smallest absolute Gasteiger partial charge is 0.0636 e. The first-order valence-electron chi connectivity index (χ1n) is 9.11. The van der Waals surface area contributed by atoms with Crippen LogP contribution in [0.5, 0.6) is 0 Å². The van der Waals surface area contributed by atoms with Gasteiger partial charge >= 0.3 is 0 Å². The fraction of sp³-hybridized carbons (Fsp3) is 0.167. The third kappa shape index (κ3) is 3.04. The molecule has 134 valence electrons. The van der Waals surface area contributed by atoms with Gasteiger partial charge < -0.3 is 0 Å². The zero-order chi connectivity index (χ0) is 18.6. The molecule has 5 rings (SSSR count). The molecule has 0 fully saturated rings. The minimum atomic E-state index is 0.200. The Balaban J connectivity index is 1.56. The lowest BCUT2D eigenvalue weighted by Crippen LogP contribution is -2.10. The summed E-state index contributed by atoms with van der Waals surface area (Å²) in [6.45, 7) is 6.79. The van der Waals surface area contributed by atoms with Gasteiger partial charge in [0.1, 0.15) is 0 Å². The highest BCUT2D eigenvalue weighted by Crippen LogP contribution is 2.48. The van der Waals surface area contributed by atoms with E-state index in [9.17, 15) is 0 Å². The molecule has 0 atom stereocenters. The highest BCUT2D eigenvalue weighted by atomic mass is 32.1. The molecule has 3 aromatic heterocycles. The number of benzene rings is 2. The predicted octanol–water partition coefficient (Wildman–Crippen LogP) is 8.81. The van der Waals surface area contributed by atoms with Crippen molar-refractivity contribution < 1.29 is 0 Å². The molecular weight excluding hydrogens is 384 g/mol. The van der Waals surface area contributed by atoms with Gasteiger partial charge in [0.25, 0.3) is 0 Å². The molecule has 0 amide bonds. The summed E-state index contributed by atoms with van der Waals surface area (Å²) in [5.41, 5.74) is 4.22. The summed E-state index contributed by atoms with van der Waals surface area (Å²) in [6, 6.07) is 24.5. The third-order valence-electron chi connectivity index (χ3n) is 4.92. The summed E-state index contributed by atoms with van der Waals surface area (Å²) in [7, 11) is 0. The molecule has 0 N–H and O–H groups in total. The Kier molecular flexibility index (Phi) is 4.01. The van der Waals surface area contributed by atoms with E-state index in [-0.39, 0.29) is 5.41 Å². The lowest BCUT2D eigenvalue weighted by Gasteiger charge is -2.18. The van der Waals surface area contributed by atoms with Gasteiger partial charge in [0.15, 0.2) is 0 Å². The van der Waals surface area contributed by atoms with Gasteiger partial charge in [-0.05, 0) is 34.2 Å². The average Bonchev–Trinajstić information content (AvgIpc) is 3.32. The molecule has 0 nitrogen and oxygen atoms in total. The summed E-state index contributed by atoms with van der Waals surface area (Å²) in [4.78, 5) is 2.73. The Bertz CT molecular complexity index is 1230. The van der Waals surface area contributed by atoms with E-state index in [2.05, 4.69) is 87.5 Å². The second kappa shape index (κ2) is 6.30. The van der Waals surface area contributed by atoms with Crippen LogP contribution in [0.25, 0.3) is 39.7 Å². The molecule has 5 aromatic rings. The van der Waals surface area contributed by atoms with Gasteiger partial charge in [0.05, 0.1) is 9.40 Å². The quantitative estimate of drug-likeness (QED) is 0.276. The van der Waals surface area contributed by atoms with Crippen LogP contribution in [0.3, 0.4) is 0 Å². The van der Waals surface area contributed by atoms with Crippen LogP contribution >= 0.6 is 34.0 Å². The summed E-state index contributed by atoms with van der Waals surface area (Å²) in [5.74, 6) is 0. The second-order valence-electron chi connectivity index (χ2n) is 7.90. The van der Waals surface area contributed by atoms with E-state index in [4.69, 9.17) is 0 Å². The van der Waals surface area contributed by atoms with Crippen molar-refractivity contribution >= 4 is 52.8 Å². The van der Waals surface area contributed by atoms with Crippen LogP contribution in [0.2, 0.25) is 0 Å². The average molecular weight is 405 g/mol. The van der Waals surface area contributed by atoms with Crippen molar-refractivity contribution in [1.29, 1.82) is 0 Å². The van der Waals surface area contributed by atoms with Crippen LogP contribution in [0.4, 0.5) is 0 Å². The van der Waals surface area contributed by atoms with Gasteiger partial charge in [-0.15, -0.1) is 34.0 Å². The number of rotatable bonds is 2. The molecule has 0 aliphatic rings. The molecule has 0 unspecified atom stereocenters. The van der Waals surface area contributed by atoms with E-state index in [0.29, 0.717) is 0 Å². The molecule has 27 heavy (non-hydrogen) atoms. The van der Waals surface area contributed by atoms with Crippen LogP contribution in [0, 0.1) is 0 Å². The zero-order valence-corrected chi connectivity index (χ0v) is 18.0. The second-order valence-corrected chi connectivity index (χ2v) is 11.1. The molecule has 0 aliphatic carbocycles. The van der Waals surface area contributed by atoms with Crippen LogP contribution in [0.15, 0.2) is 66.7 Å². The highest BCUT2D eigenvalue weighted by Gasteiger charge is 2.16. The van der Waals surface area contributed by atoms with Crippen LogP contribution in [0.1, 0.15) is 26.3 Å². The summed E-state index contributed by atoms with van der Waals surface area (Å²) < 4.78 is 5.71. The Labute approximate surface area is 171 Å². The topological polar surface area (TPSA) is 0 Å². The summed E-state index contributed by atoms with van der Waals surface area (Å²) in [6.07, 6.45) is 0. The molecule has 2 aromatic carbocycles. The number of fused-ring (bicyclic) bond motifs is 3. The van der Waals surface area contributed by atoms with Gasteiger partial charge in [0.2, 0.25) is 0 Å². The minimum absolute atomic E-state index is 0.200. The molecule has 0 radical (unpaired) electrons. The molecule has 0 saturated heterocycles. The van der Waals surface area contributed by atoms with Gasteiger partial charge in [-0.2, -0.15) is 0 Å². The van der Waals surface area contributed by atoms with Gasteiger partial charge in [-0.3, -0.25) is 0 Å². The first-order chi connectivity index (χ1) is 13.0. The minimum Gasteiger partial charge on any atom is -0.133 e. The largest absolute Gasteiger partial charge is 0.133 e. The van der Waals surface area contributed by atoms with E-state index in [1.807, 2.05) is 34.0 Å². The van der Waals surface area contributed by atoms with E-state index in [1.54, 1.807) is 0 Å². The SMILES string of the molecule is CC(C)(C)c1ccc(-c2cc3sc4cc(-c5ccccc5)sc4c3s2)cc1. The molecular formula is C24H20S3. The van der Waals surface area contributed by atoms with Gasteiger partial charge in [0, 0.05) is 19.2 Å². The lowest BCUT2D eigenvalue weighted by atomic mass is 9.86. The summed E-state index contributed by atoms with van der Waals surface area (Å²) in [5, 5.41) is 0. The summed E-state index contributed by atoms with van der Waals surface area (Å²) >= 11 is 5.77. The molecule has 3 heteroatoms. The first kappa shape index (κ1) is 17.2. The zero-order valence-electron chi connectivity index (χ0n) is 15.6. The molecule has 0 saturated carbocycles. The molecule has 0 bridgehead atoms. The molecule has 0 spiro atoms. The van der Waals surface area contributed by atoms with E-state index < -0.39 is 0 Å². The van der Waals surface area contributed by atoms with E-state index >= 15 is 0 Å². The van der Waals surface area contributed by atoms with E-state index in [1.165, 1.54) is 45.2 Å². The Morgan fingerprint density at radius 3 is 1.63 bits per heavy atom. The maximum Gasteiger partial charge on any atom is 0.0636 e. The molecule has 3 heterocycles. The fourth-order valence-corrected chi connectivity index (χ4v) is 7.39. The van der Waals surface area contributed by atoms with Crippen molar-refractivity contribution in [3.05, 3.63) is 72.3 Å². The standard InChI is InChI=1S/C24H20S3/c1-24(2,3)17-11-9-16(10-12-17)19-14-21-23(27-19)22-20(25-21)13-18(26-22)15-7-5-4-6-8-15/h4-14H,1-3H3. The monoisotopic (exact) mass is 404 g/mol. The normalized spacial score (nSPS) is 12.3. The van der Waals surface area contributed by atoms with Crippen LogP contribution in [-0.2, 0) is 5.41 Å². The van der Waals surface area contributed by atoms with Crippen molar-refractivity contribution in [3.63, 3.8) is 0 Å². The van der Waals surface area contributed by atoms with Crippen molar-refractivity contribution in [2.75, 3.05) is 0 Å². The van der Waals surface area contributed by atoms with E-state index in [0.717, 1.165) is 0 Å². The van der Waals surface area contributed by atoms with Crippen molar-refractivity contribution in [1.82, 2.24) is 0 Å². The Hall–Kier alpha value is -1.94. The highest BCUT2D eigenvalue weighted by molar-refractivity contribution is 7.40. The number of hydrogen-bond acceptors (Lipinski definition) is 3. The van der Waals surface area contributed by atoms with Crippen molar-refractivity contribution in [2.24, 2.45) is 0 Å². The molecule has 0 aliphatic heterocycles. The Morgan fingerprint density at radius 1 is 0.593 bits per heavy atom. The Morgan fingerprint density at radius 2 is 1.11 bits per heavy atom. The van der Waals surface area contributed by atoms with Crippen LogP contribution < -0.4 is 0 Å². The predicted molar refractivity (Wildman–Crippen MR) is 125 cm³/mol. The maximum absolute atomic E-state index is 2.37. The van der Waals surface area contributed by atoms with Gasteiger partial charge in [-0.1, -0.05) is 75.4 Å². The number of hydrogen-bond donors (Lipinski definition) is 0. The van der Waals surface area contributed by atoms with Crippen LogP contribution in [-0.4, -0.2) is 0 Å². The third-order valence-corrected chi connectivity index (χ3v) is 8.79. The van der Waals surface area contributed by atoms with Crippen molar-refractivity contribution in [3.8, 4) is 20.9 Å². The fourth-order valence-electron chi connectivity index (χ4n) is 3.36. The maximum atomic E-state index is 2.37. The lowest BCUT2D eigenvalue weighted by molar-refractivity contribution is 0.590.